The smallest absolute Gasteiger partial charge is 0.480 e. The van der Waals surface area contributed by atoms with Crippen molar-refractivity contribution in [2.45, 2.75) is 25.7 Å². The number of alkyl halides is 3. The van der Waals surface area contributed by atoms with Crippen LogP contribution in [0, 0.1) is 0 Å². The molecule has 1 unspecified atom stereocenters. The van der Waals surface area contributed by atoms with Gasteiger partial charge in [0, 0.05) is 0 Å². The fraction of sp³-hybridized carbons (Fsp3) is 0.333. The van der Waals surface area contributed by atoms with Crippen LogP contribution in [0.5, 0.6) is 5.75 Å². The van der Waals surface area contributed by atoms with Gasteiger partial charge in [0.25, 0.3) is 5.91 Å². The molecule has 1 rings (SSSR count). The zero-order chi connectivity index (χ0) is 15.3. The molecule has 110 valence electrons. The van der Waals surface area contributed by atoms with Gasteiger partial charge in [0.1, 0.15) is 11.8 Å². The van der Waals surface area contributed by atoms with Crippen LogP contribution in [0.1, 0.15) is 23.7 Å². The lowest BCUT2D eigenvalue weighted by molar-refractivity contribution is -0.274. The van der Waals surface area contributed by atoms with Gasteiger partial charge in [0.15, 0.2) is 0 Å². The third kappa shape index (κ3) is 4.45. The van der Waals surface area contributed by atoms with Gasteiger partial charge in [-0.15, -0.1) is 13.2 Å². The van der Waals surface area contributed by atoms with Crippen LogP contribution in [0.15, 0.2) is 24.3 Å². The largest absolute Gasteiger partial charge is 0.573 e. The Morgan fingerprint density at radius 3 is 2.45 bits per heavy atom. The molecule has 0 radical (unpaired) electrons. The molecule has 0 aliphatic rings. The monoisotopic (exact) mass is 291 g/mol. The number of nitrogens with one attached hydrogen (secondary N) is 1. The second-order valence-corrected chi connectivity index (χ2v) is 3.82. The maximum atomic E-state index is 12.2. The third-order valence-electron chi connectivity index (χ3n) is 2.37. The van der Waals surface area contributed by atoms with Crippen LogP contribution in [-0.2, 0) is 4.79 Å². The van der Waals surface area contributed by atoms with Gasteiger partial charge in [-0.05, 0) is 18.6 Å². The highest BCUT2D eigenvalue weighted by Gasteiger charge is 2.33. The number of ether oxygens (including phenoxy) is 1. The Morgan fingerprint density at radius 2 is 1.95 bits per heavy atom. The molecule has 0 saturated heterocycles. The van der Waals surface area contributed by atoms with Gasteiger partial charge in [0.05, 0.1) is 5.56 Å². The van der Waals surface area contributed by atoms with E-state index >= 15 is 0 Å². The zero-order valence-electron chi connectivity index (χ0n) is 10.4. The van der Waals surface area contributed by atoms with Gasteiger partial charge in [0.2, 0.25) is 0 Å². The van der Waals surface area contributed by atoms with Gasteiger partial charge < -0.3 is 15.2 Å². The first-order valence-corrected chi connectivity index (χ1v) is 5.63. The fourth-order valence-corrected chi connectivity index (χ4v) is 1.44. The first-order chi connectivity index (χ1) is 9.24. The Labute approximate surface area is 112 Å². The molecular formula is C12H12F3NO4. The summed E-state index contributed by atoms with van der Waals surface area (Å²) in [5.74, 6) is -2.90. The van der Waals surface area contributed by atoms with E-state index in [0.717, 1.165) is 12.1 Å². The Hall–Kier alpha value is -2.25. The molecule has 0 aliphatic heterocycles. The number of carboxylic acid groups (broad SMARTS) is 1. The standard InChI is InChI=1S/C12H12F3NO4/c1-2-8(11(18)19)16-10(17)7-5-3-4-6-9(7)20-12(13,14)15/h3-6,8H,2H2,1H3,(H,16,17)(H,18,19). The lowest BCUT2D eigenvalue weighted by Crippen LogP contribution is -2.40. The van der Waals surface area contributed by atoms with Crippen LogP contribution in [0.4, 0.5) is 13.2 Å². The van der Waals surface area contributed by atoms with Crippen molar-refractivity contribution in [1.82, 2.24) is 5.32 Å². The quantitative estimate of drug-likeness (QED) is 0.872. The Kier molecular flexibility index (Phi) is 4.95. The minimum atomic E-state index is -4.94. The van der Waals surface area contributed by atoms with E-state index in [9.17, 15) is 22.8 Å². The number of aliphatic carboxylic acids is 1. The van der Waals surface area contributed by atoms with Crippen LogP contribution < -0.4 is 10.1 Å². The van der Waals surface area contributed by atoms with Gasteiger partial charge >= 0.3 is 12.3 Å². The van der Waals surface area contributed by atoms with Crippen molar-refractivity contribution in [3.63, 3.8) is 0 Å². The Morgan fingerprint density at radius 1 is 1.35 bits per heavy atom. The summed E-state index contributed by atoms with van der Waals surface area (Å²) in [6.07, 6.45) is -4.84. The van der Waals surface area contributed by atoms with Crippen molar-refractivity contribution in [1.29, 1.82) is 0 Å². The Bertz CT molecular complexity index is 502. The van der Waals surface area contributed by atoms with Gasteiger partial charge in [-0.25, -0.2) is 4.79 Å². The zero-order valence-corrected chi connectivity index (χ0v) is 10.4. The number of rotatable bonds is 5. The summed E-state index contributed by atoms with van der Waals surface area (Å²) in [4.78, 5) is 22.6. The molecule has 0 spiro atoms. The van der Waals surface area contributed by atoms with E-state index < -0.39 is 30.0 Å². The van der Waals surface area contributed by atoms with E-state index in [1.54, 1.807) is 0 Å². The van der Waals surface area contributed by atoms with E-state index in [-0.39, 0.29) is 12.0 Å². The molecule has 0 bridgehead atoms. The van der Waals surface area contributed by atoms with E-state index in [1.807, 2.05) is 0 Å². The molecular weight excluding hydrogens is 279 g/mol. The molecule has 5 nitrogen and oxygen atoms in total. The predicted octanol–water partition coefficient (Wildman–Crippen LogP) is 2.18. The number of hydrogen-bond donors (Lipinski definition) is 2. The number of para-hydroxylation sites is 1. The molecule has 1 aromatic carbocycles. The number of carboxylic acids is 1. The average molecular weight is 291 g/mol. The summed E-state index contributed by atoms with van der Waals surface area (Å²) in [6, 6.07) is 3.53. The van der Waals surface area contributed by atoms with E-state index in [2.05, 4.69) is 10.1 Å². The average Bonchev–Trinajstić information content (AvgIpc) is 2.34. The van der Waals surface area contributed by atoms with Crippen LogP contribution in [0.2, 0.25) is 0 Å². The molecule has 0 heterocycles. The van der Waals surface area contributed by atoms with Crippen LogP contribution in [-0.4, -0.2) is 29.4 Å². The lowest BCUT2D eigenvalue weighted by atomic mass is 10.1. The summed E-state index contributed by atoms with van der Waals surface area (Å²) >= 11 is 0. The lowest BCUT2D eigenvalue weighted by Gasteiger charge is -2.15. The van der Waals surface area contributed by atoms with E-state index in [1.165, 1.54) is 19.1 Å². The predicted molar refractivity (Wildman–Crippen MR) is 62.3 cm³/mol. The van der Waals surface area contributed by atoms with Crippen molar-refractivity contribution in [3.05, 3.63) is 29.8 Å². The molecule has 20 heavy (non-hydrogen) atoms. The number of amides is 1. The third-order valence-corrected chi connectivity index (χ3v) is 2.37. The first-order valence-electron chi connectivity index (χ1n) is 5.63. The first kappa shape index (κ1) is 15.8. The highest BCUT2D eigenvalue weighted by Crippen LogP contribution is 2.26. The summed E-state index contributed by atoms with van der Waals surface area (Å²) in [5, 5.41) is 10.9. The molecule has 0 saturated carbocycles. The van der Waals surface area contributed by atoms with Gasteiger partial charge in [-0.3, -0.25) is 4.79 Å². The van der Waals surface area contributed by atoms with E-state index in [4.69, 9.17) is 5.11 Å². The van der Waals surface area contributed by atoms with Crippen molar-refractivity contribution in [2.24, 2.45) is 0 Å². The number of halogens is 3. The molecule has 1 amide bonds. The molecule has 0 aliphatic carbocycles. The second-order valence-electron chi connectivity index (χ2n) is 3.82. The molecule has 2 N–H and O–H groups in total. The molecule has 1 atom stereocenters. The maximum absolute atomic E-state index is 12.2. The molecule has 0 aromatic heterocycles. The van der Waals surface area contributed by atoms with Crippen LogP contribution in [0.25, 0.3) is 0 Å². The fourth-order valence-electron chi connectivity index (χ4n) is 1.44. The van der Waals surface area contributed by atoms with Crippen LogP contribution in [0.3, 0.4) is 0 Å². The maximum Gasteiger partial charge on any atom is 0.573 e. The summed E-state index contributed by atoms with van der Waals surface area (Å²) in [6.45, 7) is 1.52. The van der Waals surface area contributed by atoms with E-state index in [0.29, 0.717) is 0 Å². The minimum Gasteiger partial charge on any atom is -0.480 e. The second kappa shape index (κ2) is 6.27. The van der Waals surface area contributed by atoms with Crippen molar-refractivity contribution in [2.75, 3.05) is 0 Å². The Balaban J connectivity index is 2.96. The number of carbonyl (C=O) groups is 2. The molecule has 8 heteroatoms. The van der Waals surface area contributed by atoms with Crippen molar-refractivity contribution >= 4 is 11.9 Å². The summed E-state index contributed by atoms with van der Waals surface area (Å²) in [7, 11) is 0. The van der Waals surface area contributed by atoms with Crippen LogP contribution >= 0.6 is 0 Å². The van der Waals surface area contributed by atoms with Crippen molar-refractivity contribution < 1.29 is 32.6 Å². The molecule has 0 fully saturated rings. The topological polar surface area (TPSA) is 75.6 Å². The van der Waals surface area contributed by atoms with Gasteiger partial charge in [-0.2, -0.15) is 0 Å². The minimum absolute atomic E-state index is 0.101. The summed E-state index contributed by atoms with van der Waals surface area (Å²) < 4.78 is 40.3. The molecule has 1 aromatic rings. The number of carbonyl (C=O) groups excluding carboxylic acids is 1. The SMILES string of the molecule is CCC(NC(=O)c1ccccc1OC(F)(F)F)C(=O)O. The number of benzene rings is 1. The normalized spacial score (nSPS) is 12.6. The highest BCUT2D eigenvalue weighted by atomic mass is 19.4. The number of hydrogen-bond acceptors (Lipinski definition) is 3. The summed E-state index contributed by atoms with van der Waals surface area (Å²) in [5.41, 5.74) is -0.385. The van der Waals surface area contributed by atoms with Gasteiger partial charge in [-0.1, -0.05) is 19.1 Å². The van der Waals surface area contributed by atoms with Crippen molar-refractivity contribution in [3.8, 4) is 5.75 Å². The highest BCUT2D eigenvalue weighted by molar-refractivity contribution is 5.98.